The first-order valence-corrected chi connectivity index (χ1v) is 6.40. The van der Waals surface area contributed by atoms with Gasteiger partial charge in [-0.05, 0) is 13.3 Å². The topological polar surface area (TPSA) is 66.8 Å². The molecule has 2 saturated heterocycles. The van der Waals surface area contributed by atoms with Crippen molar-refractivity contribution in [1.29, 1.82) is 0 Å². The molecule has 5 atom stereocenters. The van der Waals surface area contributed by atoms with Crippen LogP contribution in [-0.4, -0.2) is 46.2 Å². The molecule has 0 unspecified atom stereocenters. The van der Waals surface area contributed by atoms with E-state index < -0.39 is 29.5 Å². The summed E-state index contributed by atoms with van der Waals surface area (Å²) in [6.07, 6.45) is 4.11. The predicted octanol–water partition coefficient (Wildman–Crippen LogP) is 0.651. The second-order valence-electron chi connectivity index (χ2n) is 5.46. The van der Waals surface area contributed by atoms with Crippen LogP contribution in [0.5, 0.6) is 0 Å². The molecule has 0 aromatic carbocycles. The Morgan fingerprint density at radius 1 is 1.72 bits per heavy atom. The number of hydrogen-bond donors (Lipinski definition) is 1. The van der Waals surface area contributed by atoms with Crippen molar-refractivity contribution in [1.82, 2.24) is 4.90 Å². The Hall–Kier alpha value is -1.36. The van der Waals surface area contributed by atoms with Gasteiger partial charge in [0.05, 0.1) is 18.6 Å². The van der Waals surface area contributed by atoms with Crippen LogP contribution < -0.4 is 0 Å². The minimum absolute atomic E-state index is 0.0661. The molecule has 3 rings (SSSR count). The molecule has 5 heteroatoms. The Bertz CT molecular complexity index is 446. The number of nitrogens with zero attached hydrogens (tertiary/aromatic N) is 1. The number of likely N-dealkylation sites (tertiary alicyclic amines) is 1. The van der Waals surface area contributed by atoms with E-state index in [1.165, 1.54) is 0 Å². The highest BCUT2D eigenvalue weighted by Gasteiger charge is 2.67. The van der Waals surface area contributed by atoms with Gasteiger partial charge in [-0.2, -0.15) is 0 Å². The van der Waals surface area contributed by atoms with Crippen molar-refractivity contribution in [2.75, 3.05) is 6.54 Å². The maximum Gasteiger partial charge on any atom is 0.310 e. The van der Waals surface area contributed by atoms with E-state index >= 15 is 0 Å². The molecule has 0 saturated carbocycles. The van der Waals surface area contributed by atoms with Gasteiger partial charge in [0.15, 0.2) is 0 Å². The zero-order chi connectivity index (χ0) is 13.1. The van der Waals surface area contributed by atoms with Crippen LogP contribution >= 0.6 is 0 Å². The van der Waals surface area contributed by atoms with Crippen LogP contribution in [0.4, 0.5) is 0 Å². The third-order valence-electron chi connectivity index (χ3n) is 4.54. The average Bonchev–Trinajstić information content (AvgIpc) is 2.96. The van der Waals surface area contributed by atoms with Crippen molar-refractivity contribution in [3.63, 3.8) is 0 Å². The first kappa shape index (κ1) is 11.7. The Balaban J connectivity index is 1.97. The largest absolute Gasteiger partial charge is 0.481 e. The zero-order valence-corrected chi connectivity index (χ0v) is 10.5. The number of aliphatic carboxylic acids is 1. The number of ether oxygens (including phenoxy) is 1. The van der Waals surface area contributed by atoms with Gasteiger partial charge in [0.1, 0.15) is 11.5 Å². The first-order valence-electron chi connectivity index (χ1n) is 6.40. The fourth-order valence-corrected chi connectivity index (χ4v) is 3.40. The first-order chi connectivity index (χ1) is 8.50. The van der Waals surface area contributed by atoms with Gasteiger partial charge in [0.2, 0.25) is 5.91 Å². The number of amides is 1. The molecule has 18 heavy (non-hydrogen) atoms. The van der Waals surface area contributed by atoms with Gasteiger partial charge in [-0.3, -0.25) is 9.59 Å². The molecule has 0 aromatic heterocycles. The van der Waals surface area contributed by atoms with E-state index in [1.54, 1.807) is 11.0 Å². The SMILES string of the molecule is CC[C@@H](C)N1C[C@@]23C=C[C@@H](O2)[C@@H](C(=O)O)[C@H]3C1=O. The number of carbonyl (C=O) groups excluding carboxylic acids is 1. The molecule has 2 fully saturated rings. The third kappa shape index (κ3) is 1.25. The summed E-state index contributed by atoms with van der Waals surface area (Å²) in [5.74, 6) is -2.27. The van der Waals surface area contributed by atoms with Crippen LogP contribution in [0.2, 0.25) is 0 Å². The lowest BCUT2D eigenvalue weighted by molar-refractivity contribution is -0.148. The molecule has 1 amide bonds. The van der Waals surface area contributed by atoms with Gasteiger partial charge in [0, 0.05) is 6.04 Å². The van der Waals surface area contributed by atoms with Crippen LogP contribution in [0.3, 0.4) is 0 Å². The second-order valence-corrected chi connectivity index (χ2v) is 5.46. The molecule has 1 N–H and O–H groups in total. The van der Waals surface area contributed by atoms with E-state index in [0.29, 0.717) is 6.54 Å². The van der Waals surface area contributed by atoms with Crippen molar-refractivity contribution >= 4 is 11.9 Å². The summed E-state index contributed by atoms with van der Waals surface area (Å²) in [6.45, 7) is 4.50. The van der Waals surface area contributed by atoms with Gasteiger partial charge in [-0.1, -0.05) is 19.1 Å². The van der Waals surface area contributed by atoms with Crippen LogP contribution in [0.15, 0.2) is 12.2 Å². The van der Waals surface area contributed by atoms with E-state index in [9.17, 15) is 14.7 Å². The summed E-state index contributed by atoms with van der Waals surface area (Å²) in [5.41, 5.74) is -0.686. The number of hydrogen-bond acceptors (Lipinski definition) is 3. The van der Waals surface area contributed by atoms with Gasteiger partial charge in [0.25, 0.3) is 0 Å². The fraction of sp³-hybridized carbons (Fsp3) is 0.692. The molecule has 0 aromatic rings. The molecule has 0 radical (unpaired) electrons. The molecular formula is C13H17NO4. The third-order valence-corrected chi connectivity index (χ3v) is 4.54. The van der Waals surface area contributed by atoms with E-state index in [4.69, 9.17) is 4.74 Å². The lowest BCUT2D eigenvalue weighted by atomic mass is 9.77. The molecule has 3 aliphatic rings. The molecule has 5 nitrogen and oxygen atoms in total. The lowest BCUT2D eigenvalue weighted by Gasteiger charge is -2.26. The van der Waals surface area contributed by atoms with Crippen LogP contribution in [-0.2, 0) is 14.3 Å². The monoisotopic (exact) mass is 251 g/mol. The summed E-state index contributed by atoms with van der Waals surface area (Å²) < 4.78 is 5.80. The minimum atomic E-state index is -0.935. The zero-order valence-electron chi connectivity index (χ0n) is 10.5. The Kier molecular flexibility index (Phi) is 2.32. The summed E-state index contributed by atoms with van der Waals surface area (Å²) in [7, 11) is 0. The molecule has 0 aliphatic carbocycles. The lowest BCUT2D eigenvalue weighted by Crippen LogP contribution is -2.40. The predicted molar refractivity (Wildman–Crippen MR) is 62.8 cm³/mol. The fourth-order valence-electron chi connectivity index (χ4n) is 3.40. The van der Waals surface area contributed by atoms with Crippen molar-refractivity contribution < 1.29 is 19.4 Å². The molecule has 3 heterocycles. The van der Waals surface area contributed by atoms with Crippen molar-refractivity contribution in [3.05, 3.63) is 12.2 Å². The Morgan fingerprint density at radius 3 is 3.06 bits per heavy atom. The van der Waals surface area contributed by atoms with Crippen LogP contribution in [0, 0.1) is 11.8 Å². The van der Waals surface area contributed by atoms with Gasteiger partial charge in [-0.15, -0.1) is 0 Å². The molecule has 2 bridgehead atoms. The number of rotatable bonds is 3. The molecule has 3 aliphatic heterocycles. The van der Waals surface area contributed by atoms with Crippen LogP contribution in [0.1, 0.15) is 20.3 Å². The normalized spacial score (nSPS) is 42.4. The highest BCUT2D eigenvalue weighted by Crippen LogP contribution is 2.52. The smallest absolute Gasteiger partial charge is 0.310 e. The molecular weight excluding hydrogens is 234 g/mol. The summed E-state index contributed by atoms with van der Waals surface area (Å²) >= 11 is 0. The average molecular weight is 251 g/mol. The highest BCUT2D eigenvalue weighted by molar-refractivity contribution is 5.90. The van der Waals surface area contributed by atoms with E-state index in [0.717, 1.165) is 6.42 Å². The van der Waals surface area contributed by atoms with Gasteiger partial charge >= 0.3 is 5.97 Å². The van der Waals surface area contributed by atoms with Crippen molar-refractivity contribution in [2.45, 2.75) is 38.0 Å². The van der Waals surface area contributed by atoms with E-state index in [-0.39, 0.29) is 11.9 Å². The number of fused-ring (bicyclic) bond motifs is 1. The number of carbonyl (C=O) groups is 2. The highest BCUT2D eigenvalue weighted by atomic mass is 16.5. The second kappa shape index (κ2) is 3.57. The van der Waals surface area contributed by atoms with Crippen LogP contribution in [0.25, 0.3) is 0 Å². The van der Waals surface area contributed by atoms with Crippen molar-refractivity contribution in [2.24, 2.45) is 11.8 Å². The molecule has 1 spiro atoms. The number of carboxylic acid groups (broad SMARTS) is 1. The maximum atomic E-state index is 12.4. The standard InChI is InChI=1S/C13H17NO4/c1-3-7(2)14-6-13-5-4-8(18-13)9(12(16)17)10(13)11(14)15/h4-5,7-10H,3,6H2,1-2H3,(H,16,17)/t7-,8-,9-,10+,13-/m1/s1. The quantitative estimate of drug-likeness (QED) is 0.748. The van der Waals surface area contributed by atoms with E-state index in [1.807, 2.05) is 19.9 Å². The van der Waals surface area contributed by atoms with E-state index in [2.05, 4.69) is 0 Å². The summed E-state index contributed by atoms with van der Waals surface area (Å²) in [5, 5.41) is 9.29. The van der Waals surface area contributed by atoms with Gasteiger partial charge in [-0.25, -0.2) is 0 Å². The summed E-state index contributed by atoms with van der Waals surface area (Å²) in [6, 6.07) is 0.128. The number of carboxylic acids is 1. The maximum absolute atomic E-state index is 12.4. The van der Waals surface area contributed by atoms with Gasteiger partial charge < -0.3 is 14.7 Å². The Morgan fingerprint density at radius 2 is 2.44 bits per heavy atom. The minimum Gasteiger partial charge on any atom is -0.481 e. The summed E-state index contributed by atoms with van der Waals surface area (Å²) in [4.78, 5) is 25.5. The Labute approximate surface area is 105 Å². The van der Waals surface area contributed by atoms with Crippen molar-refractivity contribution in [3.8, 4) is 0 Å². The molecule has 98 valence electrons.